The number of benzene rings is 3. The molecule has 1 saturated heterocycles. The number of halogens is 3. The molecule has 4 nitrogen and oxygen atoms in total. The largest absolute Gasteiger partial charge is 0.325 e. The molecule has 1 fully saturated rings. The number of hydrogen-bond acceptors (Lipinski definition) is 2. The van der Waals surface area contributed by atoms with Crippen LogP contribution in [-0.2, 0) is 15.0 Å². The van der Waals surface area contributed by atoms with E-state index >= 15 is 0 Å². The number of amides is 2. The number of anilines is 1. The van der Waals surface area contributed by atoms with Gasteiger partial charge in [-0.1, -0.05) is 65.7 Å². The minimum absolute atomic E-state index is 0.0721. The minimum atomic E-state index is -1.15. The Morgan fingerprint density at radius 2 is 1.52 bits per heavy atom. The maximum atomic E-state index is 13.8. The average molecular weight is 472 g/mol. The molecule has 3 aromatic carbocycles. The van der Waals surface area contributed by atoms with E-state index in [1.807, 2.05) is 48.5 Å². The summed E-state index contributed by atoms with van der Waals surface area (Å²) in [5, 5.41) is 4.06. The zero-order valence-electron chi connectivity index (χ0n) is 16.2. The second-order valence-electron chi connectivity index (χ2n) is 7.84. The van der Waals surface area contributed by atoms with Crippen LogP contribution in [0.4, 0.5) is 5.69 Å². The first-order chi connectivity index (χ1) is 14.9. The Balaban J connectivity index is 1.84. The molecule has 156 valence electrons. The van der Waals surface area contributed by atoms with Gasteiger partial charge < -0.3 is 5.32 Å². The molecule has 1 spiro atoms. The van der Waals surface area contributed by atoms with Gasteiger partial charge in [-0.3, -0.25) is 9.59 Å². The zero-order valence-corrected chi connectivity index (χ0v) is 18.5. The Morgan fingerprint density at radius 3 is 2.23 bits per heavy atom. The van der Waals surface area contributed by atoms with Gasteiger partial charge in [-0.2, -0.15) is 0 Å². The second kappa shape index (κ2) is 7.56. The Labute approximate surface area is 194 Å². The zero-order chi connectivity index (χ0) is 21.8. The van der Waals surface area contributed by atoms with Crippen molar-refractivity contribution in [1.82, 2.24) is 4.42 Å². The Hall–Kier alpha value is -2.53. The first-order valence-electron chi connectivity index (χ1n) is 9.82. The number of hydrogen-bond donors (Lipinski definition) is 1. The standard InChI is InChI=1S/C24H17Cl3N2O2/c25-16-7-3-5-14(11-16)19-13-21(30)29(27)22(15-6-4-8-17(26)12-15)24(19)18-9-1-2-10-20(18)28-23(24)31/h1-12,19,22H,13H2,(H,28,31). The van der Waals surface area contributed by atoms with Crippen molar-refractivity contribution in [2.45, 2.75) is 23.8 Å². The van der Waals surface area contributed by atoms with E-state index in [-0.39, 0.29) is 18.2 Å². The van der Waals surface area contributed by atoms with Crippen LogP contribution in [0.2, 0.25) is 10.0 Å². The molecule has 2 heterocycles. The molecule has 3 aromatic rings. The van der Waals surface area contributed by atoms with Gasteiger partial charge in [-0.15, -0.1) is 0 Å². The number of carbonyl (C=O) groups is 2. The van der Waals surface area contributed by atoms with Crippen LogP contribution in [0.15, 0.2) is 72.8 Å². The molecule has 0 aliphatic carbocycles. The third-order valence-electron chi connectivity index (χ3n) is 6.24. The minimum Gasteiger partial charge on any atom is -0.325 e. The van der Waals surface area contributed by atoms with Gasteiger partial charge in [0.25, 0.3) is 0 Å². The summed E-state index contributed by atoms with van der Waals surface area (Å²) in [5.41, 5.74) is 1.86. The SMILES string of the molecule is O=C1CC(c2cccc(Cl)c2)C2(C(=O)Nc3ccccc32)C(c2cccc(Cl)c2)N1Cl. The van der Waals surface area contributed by atoms with Crippen LogP contribution in [-0.4, -0.2) is 16.2 Å². The first kappa shape index (κ1) is 20.4. The molecule has 31 heavy (non-hydrogen) atoms. The molecule has 2 aliphatic rings. The lowest BCUT2D eigenvalue weighted by atomic mass is 9.59. The van der Waals surface area contributed by atoms with Crippen molar-refractivity contribution < 1.29 is 9.59 Å². The number of para-hydroxylation sites is 1. The molecule has 2 aliphatic heterocycles. The van der Waals surface area contributed by atoms with Gasteiger partial charge in [0.1, 0.15) is 5.41 Å². The van der Waals surface area contributed by atoms with Crippen LogP contribution in [0.3, 0.4) is 0 Å². The van der Waals surface area contributed by atoms with E-state index in [9.17, 15) is 9.59 Å². The summed E-state index contributed by atoms with van der Waals surface area (Å²) in [4.78, 5) is 26.9. The molecular weight excluding hydrogens is 455 g/mol. The van der Waals surface area contributed by atoms with E-state index in [0.29, 0.717) is 21.3 Å². The van der Waals surface area contributed by atoms with Crippen LogP contribution in [0.25, 0.3) is 0 Å². The Kier molecular flexibility index (Phi) is 4.97. The highest BCUT2D eigenvalue weighted by Gasteiger charge is 2.63. The molecule has 2 amide bonds. The summed E-state index contributed by atoms with van der Waals surface area (Å²) < 4.78 is 1.16. The van der Waals surface area contributed by atoms with Gasteiger partial charge in [-0.25, -0.2) is 4.42 Å². The molecule has 3 atom stereocenters. The van der Waals surface area contributed by atoms with Gasteiger partial charge in [-0.05, 0) is 47.0 Å². The van der Waals surface area contributed by atoms with E-state index in [1.165, 1.54) is 0 Å². The van der Waals surface area contributed by atoms with Crippen molar-refractivity contribution in [2.75, 3.05) is 5.32 Å². The molecule has 0 aromatic heterocycles. The van der Waals surface area contributed by atoms with Crippen molar-refractivity contribution in [2.24, 2.45) is 0 Å². The van der Waals surface area contributed by atoms with E-state index in [4.69, 9.17) is 35.0 Å². The smallest absolute Gasteiger partial charge is 0.238 e. The van der Waals surface area contributed by atoms with Gasteiger partial charge in [0, 0.05) is 39.8 Å². The fourth-order valence-corrected chi connectivity index (χ4v) is 5.76. The maximum absolute atomic E-state index is 13.8. The molecule has 3 unspecified atom stereocenters. The molecule has 0 saturated carbocycles. The summed E-state index contributed by atoms with van der Waals surface area (Å²) in [6.45, 7) is 0. The molecule has 0 radical (unpaired) electrons. The monoisotopic (exact) mass is 470 g/mol. The normalized spacial score (nSPS) is 24.9. The van der Waals surface area contributed by atoms with Gasteiger partial charge in [0.2, 0.25) is 11.8 Å². The third kappa shape index (κ3) is 3.05. The molecule has 0 bridgehead atoms. The fraction of sp³-hybridized carbons (Fsp3) is 0.167. The topological polar surface area (TPSA) is 49.4 Å². The van der Waals surface area contributed by atoms with Crippen molar-refractivity contribution in [3.63, 3.8) is 0 Å². The predicted molar refractivity (Wildman–Crippen MR) is 122 cm³/mol. The predicted octanol–water partition coefficient (Wildman–Crippen LogP) is 6.09. The second-order valence-corrected chi connectivity index (χ2v) is 9.08. The number of nitrogens with one attached hydrogen (secondary N) is 1. The van der Waals surface area contributed by atoms with Crippen LogP contribution in [0.1, 0.15) is 35.1 Å². The highest BCUT2D eigenvalue weighted by molar-refractivity contribution is 6.31. The van der Waals surface area contributed by atoms with Crippen molar-refractivity contribution in [3.8, 4) is 0 Å². The number of piperidine rings is 1. The summed E-state index contributed by atoms with van der Waals surface area (Å²) in [7, 11) is 0. The lowest BCUT2D eigenvalue weighted by molar-refractivity contribution is -0.138. The van der Waals surface area contributed by atoms with Gasteiger partial charge >= 0.3 is 0 Å². The lowest BCUT2D eigenvalue weighted by Gasteiger charge is -2.49. The number of rotatable bonds is 2. The molecular formula is C24H17Cl3N2O2. The van der Waals surface area contributed by atoms with Crippen molar-refractivity contribution in [3.05, 3.63) is 99.5 Å². The van der Waals surface area contributed by atoms with Crippen LogP contribution in [0, 0.1) is 0 Å². The first-order valence-corrected chi connectivity index (χ1v) is 10.9. The van der Waals surface area contributed by atoms with Crippen molar-refractivity contribution >= 4 is 52.5 Å². The highest BCUT2D eigenvalue weighted by atomic mass is 35.5. The summed E-state index contributed by atoms with van der Waals surface area (Å²) in [6, 6.07) is 21.2. The number of fused-ring (bicyclic) bond motifs is 2. The van der Waals surface area contributed by atoms with E-state index in [0.717, 1.165) is 15.5 Å². The lowest BCUT2D eigenvalue weighted by Crippen LogP contribution is -2.55. The van der Waals surface area contributed by atoms with Crippen LogP contribution < -0.4 is 5.32 Å². The Morgan fingerprint density at radius 1 is 0.871 bits per heavy atom. The average Bonchev–Trinajstić information content (AvgIpc) is 3.03. The molecule has 7 heteroatoms. The van der Waals surface area contributed by atoms with Crippen LogP contribution >= 0.6 is 35.0 Å². The fourth-order valence-electron chi connectivity index (χ4n) is 5.03. The van der Waals surface area contributed by atoms with E-state index in [2.05, 4.69) is 5.32 Å². The summed E-state index contributed by atoms with van der Waals surface area (Å²) >= 11 is 19.2. The van der Waals surface area contributed by atoms with Crippen molar-refractivity contribution in [1.29, 1.82) is 0 Å². The number of nitrogens with zero attached hydrogens (tertiary/aromatic N) is 1. The number of carbonyl (C=O) groups excluding carboxylic acids is 2. The van der Waals surface area contributed by atoms with Gasteiger partial charge in [0.15, 0.2) is 0 Å². The summed E-state index contributed by atoms with van der Waals surface area (Å²) in [6.07, 6.45) is 0.0721. The van der Waals surface area contributed by atoms with E-state index in [1.54, 1.807) is 24.3 Å². The molecule has 5 rings (SSSR count). The highest BCUT2D eigenvalue weighted by Crippen LogP contribution is 2.60. The third-order valence-corrected chi connectivity index (χ3v) is 7.09. The Bertz CT molecular complexity index is 1210. The van der Waals surface area contributed by atoms with Gasteiger partial charge in [0.05, 0.1) is 6.04 Å². The summed E-state index contributed by atoms with van der Waals surface area (Å²) in [5.74, 6) is -0.942. The molecule has 1 N–H and O–H groups in total. The maximum Gasteiger partial charge on any atom is 0.238 e. The van der Waals surface area contributed by atoms with Crippen LogP contribution in [0.5, 0.6) is 0 Å². The van der Waals surface area contributed by atoms with E-state index < -0.39 is 17.4 Å². The quantitative estimate of drug-likeness (QED) is 0.459.